The van der Waals surface area contributed by atoms with Crippen LogP contribution in [0.3, 0.4) is 0 Å². The second kappa shape index (κ2) is 16.1. The summed E-state index contributed by atoms with van der Waals surface area (Å²) in [5.41, 5.74) is 12.1. The van der Waals surface area contributed by atoms with Crippen molar-refractivity contribution in [3.8, 4) is 45.3 Å². The number of aryl methyl sites for hydroxylation is 2. The standard InChI is InChI=1S/C24H30O4.C18H18O4.CH4/c1-13-7-21(15(3)17(5)23(13)27-11-19-9-25-19)22-8-14(2)24(18(6)16(22)4)28-12-20-10-26-20;1-5-15(19-9-17-11-21-17)6-2-13(1)14-3-7-16(8-4-14)20-10-18-12-22-18;/h7-8,19-20H,9-12H2,1-6H3;1-8,17-18H,9-12H2;1H4. The summed E-state index contributed by atoms with van der Waals surface area (Å²) in [5.74, 6) is 3.74. The molecular formula is C43H52O8. The van der Waals surface area contributed by atoms with E-state index in [4.69, 9.17) is 37.9 Å². The molecule has 0 aliphatic carbocycles. The molecule has 4 unspecified atom stereocenters. The molecule has 0 spiro atoms. The van der Waals surface area contributed by atoms with Crippen LogP contribution in [-0.2, 0) is 18.9 Å². The Morgan fingerprint density at radius 1 is 0.451 bits per heavy atom. The Balaban J connectivity index is 0.000000177. The molecule has 272 valence electrons. The molecular weight excluding hydrogens is 644 g/mol. The first-order chi connectivity index (χ1) is 24.2. The number of hydrogen-bond acceptors (Lipinski definition) is 8. The lowest BCUT2D eigenvalue weighted by molar-refractivity contribution is 0.260. The van der Waals surface area contributed by atoms with Crippen LogP contribution in [0.25, 0.3) is 22.3 Å². The van der Waals surface area contributed by atoms with Crippen LogP contribution in [0.1, 0.15) is 40.8 Å². The van der Waals surface area contributed by atoms with Gasteiger partial charge in [0.15, 0.2) is 0 Å². The summed E-state index contributed by atoms with van der Waals surface area (Å²) in [6.45, 7) is 18.7. The summed E-state index contributed by atoms with van der Waals surface area (Å²) >= 11 is 0. The van der Waals surface area contributed by atoms with Crippen LogP contribution in [0, 0.1) is 41.5 Å². The number of benzene rings is 4. The van der Waals surface area contributed by atoms with Gasteiger partial charge in [-0.3, -0.25) is 0 Å². The van der Waals surface area contributed by atoms with Crippen LogP contribution < -0.4 is 18.9 Å². The molecule has 0 saturated carbocycles. The topological polar surface area (TPSA) is 87.0 Å². The van der Waals surface area contributed by atoms with Gasteiger partial charge in [-0.05, 0) is 134 Å². The lowest BCUT2D eigenvalue weighted by Crippen LogP contribution is -2.08. The molecule has 4 aromatic rings. The van der Waals surface area contributed by atoms with E-state index in [1.54, 1.807) is 0 Å². The number of ether oxygens (including phenoxy) is 8. The SMILES string of the molecule is C.Cc1cc(-c2cc(C)c(OCC3CO3)c(C)c2C)c(C)c(C)c1OCC1CO1.c1cc(-c2ccc(OCC3CO3)cc2)ccc1OCC1CO1. The van der Waals surface area contributed by atoms with Crippen molar-refractivity contribution in [3.63, 3.8) is 0 Å². The minimum atomic E-state index is 0. The van der Waals surface area contributed by atoms with Gasteiger partial charge in [0.25, 0.3) is 0 Å². The van der Waals surface area contributed by atoms with Gasteiger partial charge in [-0.1, -0.05) is 31.7 Å². The molecule has 4 aliphatic heterocycles. The van der Waals surface area contributed by atoms with Gasteiger partial charge < -0.3 is 37.9 Å². The minimum absolute atomic E-state index is 0. The molecule has 4 fully saturated rings. The van der Waals surface area contributed by atoms with Gasteiger partial charge in [-0.2, -0.15) is 0 Å². The van der Waals surface area contributed by atoms with Gasteiger partial charge in [0, 0.05) is 0 Å². The van der Waals surface area contributed by atoms with Gasteiger partial charge >= 0.3 is 0 Å². The Morgan fingerprint density at radius 3 is 1.04 bits per heavy atom. The van der Waals surface area contributed by atoms with Crippen molar-refractivity contribution in [1.82, 2.24) is 0 Å². The third kappa shape index (κ3) is 9.63. The summed E-state index contributed by atoms with van der Waals surface area (Å²) in [6, 6.07) is 20.7. The molecule has 0 amide bonds. The number of rotatable bonds is 14. The fourth-order valence-corrected chi connectivity index (χ4v) is 6.00. The van der Waals surface area contributed by atoms with Crippen LogP contribution >= 0.6 is 0 Å². The second-order valence-corrected chi connectivity index (χ2v) is 13.8. The summed E-state index contributed by atoms with van der Waals surface area (Å²) in [4.78, 5) is 0. The lowest BCUT2D eigenvalue weighted by Gasteiger charge is -2.21. The quantitative estimate of drug-likeness (QED) is 0.122. The van der Waals surface area contributed by atoms with E-state index in [-0.39, 0.29) is 31.8 Å². The molecule has 8 heteroatoms. The first-order valence-corrected chi connectivity index (χ1v) is 17.6. The van der Waals surface area contributed by atoms with Crippen molar-refractivity contribution < 1.29 is 37.9 Å². The zero-order valence-corrected chi connectivity index (χ0v) is 30.0. The minimum Gasteiger partial charge on any atom is -0.491 e. The molecule has 0 N–H and O–H groups in total. The normalized spacial score (nSPS) is 20.7. The molecule has 0 aromatic heterocycles. The first-order valence-electron chi connectivity index (χ1n) is 17.6. The molecule has 4 heterocycles. The predicted molar refractivity (Wildman–Crippen MR) is 200 cm³/mol. The number of epoxide rings is 4. The van der Waals surface area contributed by atoms with E-state index in [2.05, 4.69) is 77.9 Å². The zero-order chi connectivity index (χ0) is 34.8. The average molecular weight is 697 g/mol. The molecule has 4 aliphatic rings. The summed E-state index contributed by atoms with van der Waals surface area (Å²) in [7, 11) is 0. The van der Waals surface area contributed by atoms with E-state index in [1.807, 2.05) is 24.3 Å². The third-order valence-electron chi connectivity index (χ3n) is 9.69. The van der Waals surface area contributed by atoms with Crippen molar-refractivity contribution in [3.05, 3.63) is 94.0 Å². The van der Waals surface area contributed by atoms with E-state index in [0.717, 1.165) is 60.6 Å². The largest absolute Gasteiger partial charge is 0.491 e. The monoisotopic (exact) mass is 696 g/mol. The Morgan fingerprint density at radius 2 is 0.745 bits per heavy atom. The maximum Gasteiger partial charge on any atom is 0.125 e. The highest BCUT2D eigenvalue weighted by atomic mass is 16.6. The maximum atomic E-state index is 6.06. The van der Waals surface area contributed by atoms with E-state index in [9.17, 15) is 0 Å². The fourth-order valence-electron chi connectivity index (χ4n) is 6.00. The van der Waals surface area contributed by atoms with Gasteiger partial charge in [-0.15, -0.1) is 0 Å². The van der Waals surface area contributed by atoms with E-state index < -0.39 is 0 Å². The lowest BCUT2D eigenvalue weighted by atomic mass is 9.88. The number of hydrogen-bond donors (Lipinski definition) is 0. The van der Waals surface area contributed by atoms with Crippen molar-refractivity contribution >= 4 is 0 Å². The zero-order valence-electron chi connectivity index (χ0n) is 30.0. The van der Waals surface area contributed by atoms with E-state index in [1.165, 1.54) is 44.5 Å². The van der Waals surface area contributed by atoms with Crippen LogP contribution in [-0.4, -0.2) is 77.3 Å². The molecule has 4 aromatic carbocycles. The molecule has 4 saturated heterocycles. The van der Waals surface area contributed by atoms with Gasteiger partial charge in [0.05, 0.1) is 26.4 Å². The van der Waals surface area contributed by atoms with Crippen LogP contribution in [0.4, 0.5) is 0 Å². The van der Waals surface area contributed by atoms with E-state index >= 15 is 0 Å². The highest BCUT2D eigenvalue weighted by Gasteiger charge is 2.27. The summed E-state index contributed by atoms with van der Waals surface area (Å²) < 4.78 is 44.2. The van der Waals surface area contributed by atoms with Crippen molar-refractivity contribution in [2.75, 3.05) is 52.9 Å². The maximum absolute atomic E-state index is 6.06. The van der Waals surface area contributed by atoms with Crippen LogP contribution in [0.2, 0.25) is 0 Å². The molecule has 0 radical (unpaired) electrons. The molecule has 8 rings (SSSR count). The molecule has 51 heavy (non-hydrogen) atoms. The first kappa shape index (κ1) is 36.7. The second-order valence-electron chi connectivity index (χ2n) is 13.8. The van der Waals surface area contributed by atoms with Crippen LogP contribution in [0.5, 0.6) is 23.0 Å². The summed E-state index contributed by atoms with van der Waals surface area (Å²) in [5, 5.41) is 0. The van der Waals surface area contributed by atoms with Gasteiger partial charge in [0.2, 0.25) is 0 Å². The highest BCUT2D eigenvalue weighted by Crippen LogP contribution is 2.40. The Kier molecular flexibility index (Phi) is 11.6. The van der Waals surface area contributed by atoms with Gasteiger partial charge in [-0.25, -0.2) is 0 Å². The summed E-state index contributed by atoms with van der Waals surface area (Å²) in [6.07, 6.45) is 1.10. The van der Waals surface area contributed by atoms with Crippen molar-refractivity contribution in [1.29, 1.82) is 0 Å². The van der Waals surface area contributed by atoms with Gasteiger partial charge in [0.1, 0.15) is 73.8 Å². The highest BCUT2D eigenvalue weighted by molar-refractivity contribution is 5.77. The Labute approximate surface area is 302 Å². The molecule has 0 bridgehead atoms. The molecule has 4 atom stereocenters. The predicted octanol–water partition coefficient (Wildman–Crippen LogP) is 8.30. The Hall–Kier alpha value is -4.08. The third-order valence-corrected chi connectivity index (χ3v) is 9.69. The van der Waals surface area contributed by atoms with Crippen LogP contribution in [0.15, 0.2) is 60.7 Å². The fraction of sp³-hybridized carbons (Fsp3) is 0.442. The van der Waals surface area contributed by atoms with Crippen molar-refractivity contribution in [2.45, 2.75) is 73.4 Å². The Bertz CT molecular complexity index is 1650. The van der Waals surface area contributed by atoms with Crippen molar-refractivity contribution in [2.24, 2.45) is 0 Å². The smallest absolute Gasteiger partial charge is 0.125 e. The average Bonchev–Trinajstić information content (AvgIpc) is 3.93. The van der Waals surface area contributed by atoms with E-state index in [0.29, 0.717) is 26.4 Å². The molecule has 8 nitrogen and oxygen atoms in total.